The molecule has 2 heterocycles. The van der Waals surface area contributed by atoms with Crippen molar-refractivity contribution in [2.45, 2.75) is 63.8 Å². The number of para-hydroxylation sites is 1. The standard InChI is InChI=1S/C19H30N2Si/c1-5-14(22(2,3)4)10-11-18-19-16(12-13-20-18)15-8-6-7-9-17(15)21-19/h5-9,16,18-21H,10-13H2,1-4H3/b14-5+/t16-,18+,19-/m1/s1. The molecule has 2 nitrogen and oxygen atoms in total. The first-order valence-corrected chi connectivity index (χ1v) is 12.2. The molecule has 120 valence electrons. The van der Waals surface area contributed by atoms with Crippen molar-refractivity contribution in [3.8, 4) is 0 Å². The van der Waals surface area contributed by atoms with Crippen molar-refractivity contribution in [1.82, 2.24) is 5.32 Å². The number of hydrogen-bond acceptors (Lipinski definition) is 2. The Morgan fingerprint density at radius 2 is 2.05 bits per heavy atom. The topological polar surface area (TPSA) is 24.1 Å². The van der Waals surface area contributed by atoms with E-state index in [-0.39, 0.29) is 0 Å². The summed E-state index contributed by atoms with van der Waals surface area (Å²) in [5, 5.41) is 9.29. The van der Waals surface area contributed by atoms with E-state index in [0.29, 0.717) is 18.0 Å². The Hall–Kier alpha value is -1.06. The van der Waals surface area contributed by atoms with Crippen molar-refractivity contribution in [3.63, 3.8) is 0 Å². The Bertz CT molecular complexity index is 559. The van der Waals surface area contributed by atoms with E-state index in [2.05, 4.69) is 67.5 Å². The van der Waals surface area contributed by atoms with E-state index in [4.69, 9.17) is 0 Å². The zero-order chi connectivity index (χ0) is 15.7. The fourth-order valence-corrected chi connectivity index (χ4v) is 6.00. The van der Waals surface area contributed by atoms with Gasteiger partial charge in [0.2, 0.25) is 0 Å². The molecule has 0 bridgehead atoms. The van der Waals surface area contributed by atoms with Crippen molar-refractivity contribution in [3.05, 3.63) is 41.1 Å². The van der Waals surface area contributed by atoms with Crippen LogP contribution in [0.1, 0.15) is 37.7 Å². The van der Waals surface area contributed by atoms with Crippen molar-refractivity contribution in [1.29, 1.82) is 0 Å². The van der Waals surface area contributed by atoms with Gasteiger partial charge < -0.3 is 10.6 Å². The molecule has 0 saturated carbocycles. The fraction of sp³-hybridized carbons (Fsp3) is 0.579. The minimum Gasteiger partial charge on any atom is -0.380 e. The molecule has 2 aliphatic rings. The predicted molar refractivity (Wildman–Crippen MR) is 99.3 cm³/mol. The number of piperidine rings is 1. The lowest BCUT2D eigenvalue weighted by molar-refractivity contribution is 0.328. The number of rotatable bonds is 4. The van der Waals surface area contributed by atoms with Gasteiger partial charge in [-0.1, -0.05) is 49.1 Å². The first-order chi connectivity index (χ1) is 10.5. The monoisotopic (exact) mass is 314 g/mol. The van der Waals surface area contributed by atoms with Crippen LogP contribution in [-0.2, 0) is 0 Å². The van der Waals surface area contributed by atoms with Crippen LogP contribution in [0.5, 0.6) is 0 Å². The largest absolute Gasteiger partial charge is 0.380 e. The summed E-state index contributed by atoms with van der Waals surface area (Å²) in [6.45, 7) is 10.8. The highest BCUT2D eigenvalue weighted by Crippen LogP contribution is 2.41. The van der Waals surface area contributed by atoms with Crippen LogP contribution in [0.2, 0.25) is 19.6 Å². The van der Waals surface area contributed by atoms with Crippen molar-refractivity contribution < 1.29 is 0 Å². The Balaban J connectivity index is 1.69. The molecule has 0 aromatic heterocycles. The van der Waals surface area contributed by atoms with E-state index in [0.717, 1.165) is 6.54 Å². The molecular weight excluding hydrogens is 284 g/mol. The maximum absolute atomic E-state index is 3.80. The summed E-state index contributed by atoms with van der Waals surface area (Å²) in [6, 6.07) is 10.1. The highest BCUT2D eigenvalue weighted by molar-refractivity contribution is 6.83. The zero-order valence-corrected chi connectivity index (χ0v) is 15.4. The van der Waals surface area contributed by atoms with Gasteiger partial charge in [0.25, 0.3) is 0 Å². The second-order valence-corrected chi connectivity index (χ2v) is 13.0. The number of allylic oxidation sites excluding steroid dienone is 2. The molecule has 2 N–H and O–H groups in total. The number of hydrogen-bond donors (Lipinski definition) is 2. The summed E-state index contributed by atoms with van der Waals surface area (Å²) < 4.78 is 0. The molecule has 22 heavy (non-hydrogen) atoms. The van der Waals surface area contributed by atoms with Gasteiger partial charge in [0, 0.05) is 23.7 Å². The maximum atomic E-state index is 3.80. The molecule has 0 aliphatic carbocycles. The third-order valence-electron chi connectivity index (χ3n) is 5.45. The minimum atomic E-state index is -1.16. The molecule has 3 heteroatoms. The van der Waals surface area contributed by atoms with E-state index >= 15 is 0 Å². The quantitative estimate of drug-likeness (QED) is 0.798. The summed E-state index contributed by atoms with van der Waals surface area (Å²) in [5.74, 6) is 0.698. The number of anilines is 1. The van der Waals surface area contributed by atoms with Gasteiger partial charge in [-0.25, -0.2) is 0 Å². The third kappa shape index (κ3) is 3.02. The Morgan fingerprint density at radius 1 is 1.27 bits per heavy atom. The molecule has 3 rings (SSSR count). The van der Waals surface area contributed by atoms with E-state index in [1.165, 1.54) is 30.5 Å². The number of nitrogens with one attached hydrogen (secondary N) is 2. The Kier molecular flexibility index (Phi) is 4.46. The van der Waals surface area contributed by atoms with Gasteiger partial charge in [0.1, 0.15) is 0 Å². The lowest BCUT2D eigenvalue weighted by Crippen LogP contribution is -2.50. The zero-order valence-electron chi connectivity index (χ0n) is 14.4. The molecule has 0 spiro atoms. The van der Waals surface area contributed by atoms with E-state index < -0.39 is 8.07 Å². The molecule has 1 saturated heterocycles. The highest BCUT2D eigenvalue weighted by atomic mass is 28.3. The summed E-state index contributed by atoms with van der Waals surface area (Å²) in [5.41, 5.74) is 2.90. The lowest BCUT2D eigenvalue weighted by Gasteiger charge is -2.36. The molecular formula is C19H30N2Si. The lowest BCUT2D eigenvalue weighted by atomic mass is 9.83. The van der Waals surface area contributed by atoms with Gasteiger partial charge in [-0.15, -0.1) is 0 Å². The summed E-state index contributed by atoms with van der Waals surface area (Å²) in [7, 11) is -1.16. The average molecular weight is 315 g/mol. The van der Waals surface area contributed by atoms with Gasteiger partial charge >= 0.3 is 0 Å². The van der Waals surface area contributed by atoms with Crippen molar-refractivity contribution in [2.75, 3.05) is 11.9 Å². The summed E-state index contributed by atoms with van der Waals surface area (Å²) in [6.07, 6.45) is 6.15. The summed E-state index contributed by atoms with van der Waals surface area (Å²) in [4.78, 5) is 0. The van der Waals surface area contributed by atoms with Crippen molar-refractivity contribution in [2.24, 2.45) is 0 Å². The third-order valence-corrected chi connectivity index (χ3v) is 7.91. The number of benzene rings is 1. The first kappa shape index (κ1) is 15.8. The molecule has 1 fully saturated rings. The molecule has 0 unspecified atom stereocenters. The van der Waals surface area contributed by atoms with Gasteiger partial charge in [-0.2, -0.15) is 0 Å². The van der Waals surface area contributed by atoms with Crippen LogP contribution >= 0.6 is 0 Å². The maximum Gasteiger partial charge on any atom is 0.0720 e. The van der Waals surface area contributed by atoms with Crippen LogP contribution in [0, 0.1) is 0 Å². The minimum absolute atomic E-state index is 0.575. The normalized spacial score (nSPS) is 28.0. The predicted octanol–water partition coefficient (Wildman–Crippen LogP) is 4.53. The van der Waals surface area contributed by atoms with Crippen molar-refractivity contribution >= 4 is 13.8 Å². The summed E-state index contributed by atoms with van der Waals surface area (Å²) >= 11 is 0. The van der Waals surface area contributed by atoms with Crippen LogP contribution in [0.4, 0.5) is 5.69 Å². The second-order valence-electron chi connectivity index (χ2n) is 7.82. The molecule has 1 aromatic rings. The highest BCUT2D eigenvalue weighted by Gasteiger charge is 2.39. The molecule has 0 amide bonds. The van der Waals surface area contributed by atoms with Crippen LogP contribution in [0.3, 0.4) is 0 Å². The first-order valence-electron chi connectivity index (χ1n) is 8.75. The molecule has 1 aromatic carbocycles. The second kappa shape index (κ2) is 6.21. The van der Waals surface area contributed by atoms with E-state index in [1.54, 1.807) is 5.20 Å². The average Bonchev–Trinajstić information content (AvgIpc) is 2.86. The number of fused-ring (bicyclic) bond motifs is 3. The Morgan fingerprint density at radius 3 is 2.77 bits per heavy atom. The molecule has 2 aliphatic heterocycles. The van der Waals surface area contributed by atoms with Crippen LogP contribution in [-0.4, -0.2) is 26.7 Å². The molecule has 3 atom stereocenters. The smallest absolute Gasteiger partial charge is 0.0720 e. The fourth-order valence-electron chi connectivity index (χ4n) is 4.24. The Labute approximate surface area is 136 Å². The molecule has 0 radical (unpaired) electrons. The van der Waals surface area contributed by atoms with E-state index in [1.807, 2.05) is 0 Å². The van der Waals surface area contributed by atoms with Gasteiger partial charge in [-0.3, -0.25) is 0 Å². The van der Waals surface area contributed by atoms with Gasteiger partial charge in [0.05, 0.1) is 8.07 Å². The van der Waals surface area contributed by atoms with Gasteiger partial charge in [0.15, 0.2) is 0 Å². The van der Waals surface area contributed by atoms with Gasteiger partial charge in [-0.05, 0) is 44.4 Å². The van der Waals surface area contributed by atoms with Crippen LogP contribution in [0.25, 0.3) is 0 Å². The van der Waals surface area contributed by atoms with Crippen LogP contribution < -0.4 is 10.6 Å². The van der Waals surface area contributed by atoms with E-state index in [9.17, 15) is 0 Å². The van der Waals surface area contributed by atoms with Crippen LogP contribution in [0.15, 0.2) is 35.5 Å². The SMILES string of the molecule is C/C=C(\CC[C@@H]1NCC[C@@H]2c3ccccc3N[C@@H]12)[Si](C)(C)C.